The molecule has 0 heterocycles. The van der Waals surface area contributed by atoms with Crippen molar-refractivity contribution in [3.05, 3.63) is 0 Å². The Morgan fingerprint density at radius 3 is 2.45 bits per heavy atom. The molecule has 0 aromatic heterocycles. The fraction of sp³-hybridized carbons (Fsp3) is 0.889. The van der Waals surface area contributed by atoms with E-state index in [9.17, 15) is 4.79 Å². The highest BCUT2D eigenvalue weighted by Crippen LogP contribution is 2.37. The Balaban J connectivity index is 2.30. The molecule has 1 aliphatic rings. The number of hydrogen-bond acceptors (Lipinski definition) is 1. The molecule has 0 aromatic carbocycles. The van der Waals surface area contributed by atoms with Gasteiger partial charge in [0, 0.05) is 11.3 Å². The van der Waals surface area contributed by atoms with Crippen LogP contribution in [0.5, 0.6) is 0 Å². The van der Waals surface area contributed by atoms with Crippen molar-refractivity contribution in [1.29, 1.82) is 0 Å². The average Bonchev–Trinajstić information content (AvgIpc) is 2.03. The van der Waals surface area contributed by atoms with E-state index in [0.717, 1.165) is 25.5 Å². The number of rotatable bonds is 3. The van der Waals surface area contributed by atoms with E-state index in [2.05, 4.69) is 0 Å². The first-order valence-electron chi connectivity index (χ1n) is 4.39. The molecule has 1 saturated carbocycles. The summed E-state index contributed by atoms with van der Waals surface area (Å²) in [6.45, 7) is 0. The summed E-state index contributed by atoms with van der Waals surface area (Å²) in [5.74, 6) is 0. The molecule has 0 atom stereocenters. The lowest BCUT2D eigenvalue weighted by molar-refractivity contribution is -0.108. The Kier molecular flexibility index (Phi) is 3.38. The third-order valence-electron chi connectivity index (χ3n) is 2.46. The van der Waals surface area contributed by atoms with Crippen molar-refractivity contribution in [2.45, 2.75) is 49.8 Å². The minimum atomic E-state index is -0.0286. The number of aldehydes is 1. The molecular weight excluding hydrogens is 160 g/mol. The second kappa shape index (κ2) is 4.10. The second-order valence-corrected chi connectivity index (χ2v) is 4.22. The van der Waals surface area contributed by atoms with Crippen LogP contribution in [-0.4, -0.2) is 11.2 Å². The van der Waals surface area contributed by atoms with Crippen molar-refractivity contribution in [1.82, 2.24) is 0 Å². The van der Waals surface area contributed by atoms with E-state index in [1.165, 1.54) is 19.3 Å². The van der Waals surface area contributed by atoms with Gasteiger partial charge in [-0.2, -0.15) is 0 Å². The van der Waals surface area contributed by atoms with Gasteiger partial charge in [-0.25, -0.2) is 0 Å². The van der Waals surface area contributed by atoms with Crippen molar-refractivity contribution in [2.75, 3.05) is 0 Å². The van der Waals surface area contributed by atoms with E-state index in [1.54, 1.807) is 0 Å². The SMILES string of the molecule is O=CCCC1(Cl)CCCCC1. The molecule has 0 saturated heterocycles. The normalized spacial score (nSPS) is 23.0. The van der Waals surface area contributed by atoms with Crippen LogP contribution in [0.3, 0.4) is 0 Å². The van der Waals surface area contributed by atoms with Gasteiger partial charge in [-0.3, -0.25) is 0 Å². The summed E-state index contributed by atoms with van der Waals surface area (Å²) in [4.78, 5) is 10.1. The fourth-order valence-corrected chi connectivity index (χ4v) is 2.13. The molecule has 1 aliphatic carbocycles. The quantitative estimate of drug-likeness (QED) is 0.475. The van der Waals surface area contributed by atoms with Crippen LogP contribution in [0.15, 0.2) is 0 Å². The van der Waals surface area contributed by atoms with Gasteiger partial charge in [-0.05, 0) is 19.3 Å². The van der Waals surface area contributed by atoms with Gasteiger partial charge in [-0.1, -0.05) is 19.3 Å². The first-order chi connectivity index (χ1) is 5.27. The maximum absolute atomic E-state index is 10.1. The summed E-state index contributed by atoms with van der Waals surface area (Å²) >= 11 is 6.29. The van der Waals surface area contributed by atoms with Crippen LogP contribution in [0.25, 0.3) is 0 Å². The van der Waals surface area contributed by atoms with Crippen LogP contribution >= 0.6 is 11.6 Å². The van der Waals surface area contributed by atoms with Crippen LogP contribution in [0.1, 0.15) is 44.9 Å². The number of carbonyl (C=O) groups is 1. The van der Waals surface area contributed by atoms with Gasteiger partial charge in [-0.15, -0.1) is 11.6 Å². The molecule has 2 heteroatoms. The summed E-state index contributed by atoms with van der Waals surface area (Å²) in [5.41, 5.74) is 0. The zero-order chi connectivity index (χ0) is 8.16. The molecule has 0 aliphatic heterocycles. The van der Waals surface area contributed by atoms with E-state index in [4.69, 9.17) is 11.6 Å². The molecular formula is C9H15ClO. The van der Waals surface area contributed by atoms with E-state index in [-0.39, 0.29) is 4.87 Å². The smallest absolute Gasteiger partial charge is 0.120 e. The van der Waals surface area contributed by atoms with E-state index < -0.39 is 0 Å². The van der Waals surface area contributed by atoms with Gasteiger partial charge in [0.1, 0.15) is 6.29 Å². The lowest BCUT2D eigenvalue weighted by Crippen LogP contribution is -2.24. The third-order valence-corrected chi connectivity index (χ3v) is 3.03. The van der Waals surface area contributed by atoms with Crippen LogP contribution in [-0.2, 0) is 4.79 Å². The first-order valence-corrected chi connectivity index (χ1v) is 4.77. The summed E-state index contributed by atoms with van der Waals surface area (Å²) in [6, 6.07) is 0. The van der Waals surface area contributed by atoms with Gasteiger partial charge < -0.3 is 4.79 Å². The molecule has 0 bridgehead atoms. The van der Waals surface area contributed by atoms with E-state index in [0.29, 0.717) is 6.42 Å². The molecule has 1 fully saturated rings. The molecule has 0 aromatic rings. The Morgan fingerprint density at radius 1 is 1.27 bits per heavy atom. The van der Waals surface area contributed by atoms with Crippen LogP contribution in [0, 0.1) is 0 Å². The Hall–Kier alpha value is -0.0400. The Morgan fingerprint density at radius 2 is 1.91 bits per heavy atom. The zero-order valence-corrected chi connectivity index (χ0v) is 7.57. The number of hydrogen-bond donors (Lipinski definition) is 0. The molecule has 0 spiro atoms. The molecule has 1 rings (SSSR count). The molecule has 0 N–H and O–H groups in total. The molecule has 0 unspecified atom stereocenters. The summed E-state index contributed by atoms with van der Waals surface area (Å²) in [6.07, 6.45) is 8.46. The monoisotopic (exact) mass is 174 g/mol. The van der Waals surface area contributed by atoms with Crippen molar-refractivity contribution >= 4 is 17.9 Å². The first kappa shape index (κ1) is 9.05. The Labute approximate surface area is 73.1 Å². The standard InChI is InChI=1S/C9H15ClO/c10-9(7-4-8-11)5-2-1-3-6-9/h8H,1-7H2. The van der Waals surface area contributed by atoms with Crippen molar-refractivity contribution in [2.24, 2.45) is 0 Å². The topological polar surface area (TPSA) is 17.1 Å². The van der Waals surface area contributed by atoms with Gasteiger partial charge in [0.05, 0.1) is 0 Å². The lowest BCUT2D eigenvalue weighted by Gasteiger charge is -2.30. The van der Waals surface area contributed by atoms with Gasteiger partial charge in [0.25, 0.3) is 0 Å². The molecule has 0 amide bonds. The van der Waals surface area contributed by atoms with Gasteiger partial charge in [0.2, 0.25) is 0 Å². The maximum Gasteiger partial charge on any atom is 0.120 e. The highest BCUT2D eigenvalue weighted by Gasteiger charge is 2.28. The summed E-state index contributed by atoms with van der Waals surface area (Å²) in [5, 5.41) is 0. The van der Waals surface area contributed by atoms with Crippen LogP contribution in [0.4, 0.5) is 0 Å². The van der Waals surface area contributed by atoms with Crippen molar-refractivity contribution in [3.63, 3.8) is 0 Å². The summed E-state index contributed by atoms with van der Waals surface area (Å²) in [7, 11) is 0. The minimum absolute atomic E-state index is 0.0286. The highest BCUT2D eigenvalue weighted by atomic mass is 35.5. The van der Waals surface area contributed by atoms with Crippen molar-refractivity contribution < 1.29 is 4.79 Å². The predicted molar refractivity (Wildman–Crippen MR) is 47.0 cm³/mol. The zero-order valence-electron chi connectivity index (χ0n) is 6.81. The third kappa shape index (κ3) is 2.82. The second-order valence-electron chi connectivity index (χ2n) is 3.42. The lowest BCUT2D eigenvalue weighted by atomic mass is 9.85. The molecule has 1 nitrogen and oxygen atoms in total. The number of carbonyl (C=O) groups excluding carboxylic acids is 1. The minimum Gasteiger partial charge on any atom is -0.303 e. The van der Waals surface area contributed by atoms with Crippen LogP contribution < -0.4 is 0 Å². The van der Waals surface area contributed by atoms with Crippen LogP contribution in [0.2, 0.25) is 0 Å². The highest BCUT2D eigenvalue weighted by molar-refractivity contribution is 6.24. The van der Waals surface area contributed by atoms with Gasteiger partial charge >= 0.3 is 0 Å². The Bertz CT molecular complexity index is 128. The predicted octanol–water partition coefficient (Wildman–Crippen LogP) is 2.91. The molecule has 64 valence electrons. The maximum atomic E-state index is 10.1. The molecule has 0 radical (unpaired) electrons. The molecule has 11 heavy (non-hydrogen) atoms. The fourth-order valence-electron chi connectivity index (χ4n) is 1.75. The van der Waals surface area contributed by atoms with Crippen molar-refractivity contribution in [3.8, 4) is 0 Å². The average molecular weight is 175 g/mol. The largest absolute Gasteiger partial charge is 0.303 e. The van der Waals surface area contributed by atoms with E-state index in [1.807, 2.05) is 0 Å². The van der Waals surface area contributed by atoms with Gasteiger partial charge in [0.15, 0.2) is 0 Å². The summed E-state index contributed by atoms with van der Waals surface area (Å²) < 4.78 is 0. The number of alkyl halides is 1. The number of halogens is 1. The van der Waals surface area contributed by atoms with E-state index >= 15 is 0 Å².